The molecule has 0 N–H and O–H groups in total. The normalized spacial score (nSPS) is 11.3. The highest BCUT2D eigenvalue weighted by Gasteiger charge is 2.12. The summed E-state index contributed by atoms with van der Waals surface area (Å²) in [4.78, 5) is 13.3. The van der Waals surface area contributed by atoms with Crippen LogP contribution in [0.25, 0.3) is 33.7 Å². The fourth-order valence-corrected chi connectivity index (χ4v) is 2.90. The number of hydrogen-bond acceptors (Lipinski definition) is 5. The van der Waals surface area contributed by atoms with Crippen molar-refractivity contribution in [2.45, 2.75) is 20.8 Å². The van der Waals surface area contributed by atoms with Crippen LogP contribution in [-0.2, 0) is 7.05 Å². The second-order valence-corrected chi connectivity index (χ2v) is 5.92. The van der Waals surface area contributed by atoms with Gasteiger partial charge in [-0.3, -0.25) is 9.97 Å². The first kappa shape index (κ1) is 14.6. The number of nitrogens with zero attached hydrogens (tertiary/aromatic N) is 5. The summed E-state index contributed by atoms with van der Waals surface area (Å²) in [6.07, 6.45) is 3.66. The Morgan fingerprint density at radius 3 is 2.58 bits per heavy atom. The van der Waals surface area contributed by atoms with Gasteiger partial charge in [0.05, 0.1) is 16.9 Å². The highest BCUT2D eigenvalue weighted by atomic mass is 16.5. The van der Waals surface area contributed by atoms with Crippen LogP contribution in [0.5, 0.6) is 0 Å². The van der Waals surface area contributed by atoms with Gasteiger partial charge in [-0.1, -0.05) is 5.16 Å². The highest BCUT2D eigenvalue weighted by Crippen LogP contribution is 2.28. The lowest BCUT2D eigenvalue weighted by Gasteiger charge is -2.04. The molecule has 0 bridgehead atoms. The monoisotopic (exact) mass is 319 g/mol. The van der Waals surface area contributed by atoms with Crippen molar-refractivity contribution < 1.29 is 4.52 Å². The quantitative estimate of drug-likeness (QED) is 0.564. The van der Waals surface area contributed by atoms with Gasteiger partial charge >= 0.3 is 0 Å². The SMILES string of the molecule is Cc1nc(-c2ccnc(-c3cc4c(cn3)c(C)c(C)n4C)c2)no1. The zero-order valence-electron chi connectivity index (χ0n) is 14.0. The maximum absolute atomic E-state index is 5.05. The minimum Gasteiger partial charge on any atom is -0.348 e. The molecule has 0 saturated carbocycles. The Morgan fingerprint density at radius 2 is 1.83 bits per heavy atom. The number of aryl methyl sites for hydroxylation is 3. The van der Waals surface area contributed by atoms with Crippen LogP contribution in [-0.4, -0.2) is 24.7 Å². The molecule has 6 heteroatoms. The molecule has 120 valence electrons. The van der Waals surface area contributed by atoms with Crippen molar-refractivity contribution in [2.24, 2.45) is 7.05 Å². The van der Waals surface area contributed by atoms with Crippen LogP contribution in [0.15, 0.2) is 35.1 Å². The molecule has 4 rings (SSSR count). The third kappa shape index (κ3) is 2.19. The summed E-state index contributed by atoms with van der Waals surface area (Å²) in [5.41, 5.74) is 6.12. The van der Waals surface area contributed by atoms with E-state index in [0.717, 1.165) is 22.5 Å². The predicted octanol–water partition coefficient (Wildman–Crippen LogP) is 3.61. The number of fused-ring (bicyclic) bond motifs is 1. The van der Waals surface area contributed by atoms with Gasteiger partial charge < -0.3 is 9.09 Å². The summed E-state index contributed by atoms with van der Waals surface area (Å²) in [5, 5.41) is 5.13. The fraction of sp³-hybridized carbons (Fsp3) is 0.222. The zero-order valence-corrected chi connectivity index (χ0v) is 14.0. The van der Waals surface area contributed by atoms with Crippen LogP contribution < -0.4 is 0 Å². The Balaban J connectivity index is 1.84. The Morgan fingerprint density at radius 1 is 1.04 bits per heavy atom. The lowest BCUT2D eigenvalue weighted by molar-refractivity contribution is 0.394. The highest BCUT2D eigenvalue weighted by molar-refractivity contribution is 5.87. The van der Waals surface area contributed by atoms with Gasteiger partial charge in [0.2, 0.25) is 11.7 Å². The minimum atomic E-state index is 0.540. The summed E-state index contributed by atoms with van der Waals surface area (Å²) in [6, 6.07) is 5.87. The molecule has 0 aliphatic carbocycles. The maximum Gasteiger partial charge on any atom is 0.223 e. The number of hydrogen-bond donors (Lipinski definition) is 0. The molecule has 0 radical (unpaired) electrons. The average Bonchev–Trinajstić information content (AvgIpc) is 3.13. The average molecular weight is 319 g/mol. The first-order valence-electron chi connectivity index (χ1n) is 7.73. The smallest absolute Gasteiger partial charge is 0.223 e. The van der Waals surface area contributed by atoms with Crippen molar-refractivity contribution >= 4 is 10.9 Å². The van der Waals surface area contributed by atoms with Gasteiger partial charge in [0.25, 0.3) is 0 Å². The number of pyridine rings is 2. The molecule has 0 unspecified atom stereocenters. The molecule has 0 spiro atoms. The van der Waals surface area contributed by atoms with Crippen molar-refractivity contribution in [3.05, 3.63) is 47.7 Å². The molecule has 24 heavy (non-hydrogen) atoms. The first-order valence-corrected chi connectivity index (χ1v) is 7.73. The second-order valence-electron chi connectivity index (χ2n) is 5.92. The third-order valence-corrected chi connectivity index (χ3v) is 4.50. The molecular weight excluding hydrogens is 302 g/mol. The zero-order chi connectivity index (χ0) is 16.8. The summed E-state index contributed by atoms with van der Waals surface area (Å²) in [7, 11) is 2.07. The predicted molar refractivity (Wildman–Crippen MR) is 91.4 cm³/mol. The van der Waals surface area contributed by atoms with E-state index in [1.54, 1.807) is 13.1 Å². The Kier molecular flexibility index (Phi) is 3.19. The molecule has 6 nitrogen and oxygen atoms in total. The van der Waals surface area contributed by atoms with Gasteiger partial charge in [-0.05, 0) is 37.6 Å². The van der Waals surface area contributed by atoms with Crippen molar-refractivity contribution in [1.82, 2.24) is 24.7 Å². The molecule has 0 amide bonds. The van der Waals surface area contributed by atoms with Gasteiger partial charge in [-0.2, -0.15) is 4.98 Å². The number of aromatic nitrogens is 5. The molecule has 4 aromatic heterocycles. The van der Waals surface area contributed by atoms with Crippen LogP contribution in [0.1, 0.15) is 17.1 Å². The number of rotatable bonds is 2. The van der Waals surface area contributed by atoms with Crippen LogP contribution >= 0.6 is 0 Å². The summed E-state index contributed by atoms with van der Waals surface area (Å²) in [5.74, 6) is 1.10. The third-order valence-electron chi connectivity index (χ3n) is 4.50. The van der Waals surface area contributed by atoms with E-state index < -0.39 is 0 Å². The van der Waals surface area contributed by atoms with E-state index in [1.807, 2.05) is 18.3 Å². The first-order chi connectivity index (χ1) is 11.5. The van der Waals surface area contributed by atoms with Crippen LogP contribution in [0.2, 0.25) is 0 Å². The van der Waals surface area contributed by atoms with Crippen molar-refractivity contribution in [1.29, 1.82) is 0 Å². The van der Waals surface area contributed by atoms with Crippen LogP contribution in [0.3, 0.4) is 0 Å². The van der Waals surface area contributed by atoms with E-state index in [4.69, 9.17) is 4.52 Å². The molecule has 0 atom stereocenters. The Hall–Kier alpha value is -3.02. The van der Waals surface area contributed by atoms with Gasteiger partial charge in [0.1, 0.15) is 0 Å². The maximum atomic E-state index is 5.05. The molecule has 4 aromatic rings. The van der Waals surface area contributed by atoms with Crippen molar-refractivity contribution in [2.75, 3.05) is 0 Å². The van der Waals surface area contributed by atoms with Crippen LogP contribution in [0.4, 0.5) is 0 Å². The standard InChI is InChI=1S/C18H17N5O/c1-10-11(2)23(4)17-8-16(20-9-14(10)17)15-7-13(5-6-19-15)18-21-12(3)24-22-18/h5-9H,1-4H3. The fourth-order valence-electron chi connectivity index (χ4n) is 2.90. The minimum absolute atomic E-state index is 0.540. The largest absolute Gasteiger partial charge is 0.348 e. The van der Waals surface area contributed by atoms with Gasteiger partial charge in [-0.25, -0.2) is 0 Å². The molecule has 0 saturated heterocycles. The lowest BCUT2D eigenvalue weighted by atomic mass is 10.1. The van der Waals surface area contributed by atoms with E-state index in [9.17, 15) is 0 Å². The van der Waals surface area contributed by atoms with E-state index >= 15 is 0 Å². The van der Waals surface area contributed by atoms with E-state index in [-0.39, 0.29) is 0 Å². The molecule has 0 fully saturated rings. The molecule has 4 heterocycles. The van der Waals surface area contributed by atoms with Gasteiger partial charge in [-0.15, -0.1) is 0 Å². The molecule has 0 aliphatic heterocycles. The molecular formula is C18H17N5O. The van der Waals surface area contributed by atoms with E-state index in [0.29, 0.717) is 11.7 Å². The van der Waals surface area contributed by atoms with E-state index in [1.165, 1.54) is 16.6 Å². The Labute approximate surface area is 139 Å². The van der Waals surface area contributed by atoms with E-state index in [2.05, 4.69) is 51.6 Å². The van der Waals surface area contributed by atoms with Crippen molar-refractivity contribution in [3.8, 4) is 22.8 Å². The topological polar surface area (TPSA) is 69.6 Å². The molecule has 0 aliphatic rings. The second kappa shape index (κ2) is 5.26. The summed E-state index contributed by atoms with van der Waals surface area (Å²) >= 11 is 0. The summed E-state index contributed by atoms with van der Waals surface area (Å²) < 4.78 is 7.24. The molecule has 0 aromatic carbocycles. The lowest BCUT2D eigenvalue weighted by Crippen LogP contribution is -1.92. The summed E-state index contributed by atoms with van der Waals surface area (Å²) in [6.45, 7) is 6.01. The van der Waals surface area contributed by atoms with Crippen molar-refractivity contribution in [3.63, 3.8) is 0 Å². The van der Waals surface area contributed by atoms with Crippen LogP contribution in [0, 0.1) is 20.8 Å². The van der Waals surface area contributed by atoms with Gasteiger partial charge in [0, 0.05) is 43.0 Å². The Bertz CT molecular complexity index is 1060. The van der Waals surface area contributed by atoms with Gasteiger partial charge in [0.15, 0.2) is 0 Å².